The van der Waals surface area contributed by atoms with E-state index in [1.165, 1.54) is 19.6 Å². The van der Waals surface area contributed by atoms with Crippen LogP contribution in [0.15, 0.2) is 0 Å². The molecule has 1 saturated heterocycles. The Labute approximate surface area is 179 Å². The van der Waals surface area contributed by atoms with Crippen molar-refractivity contribution in [2.24, 2.45) is 0 Å². The Morgan fingerprint density at radius 3 is 0.968 bits per heavy atom. The van der Waals surface area contributed by atoms with Crippen LogP contribution in [0.25, 0.3) is 0 Å². The molecule has 31 heavy (non-hydrogen) atoms. The highest BCUT2D eigenvalue weighted by atomic mass is 31.2. The van der Waals surface area contributed by atoms with Crippen LogP contribution in [0.5, 0.6) is 0 Å². The molecular weight excluding hydrogens is 481 g/mol. The van der Waals surface area contributed by atoms with Crippen LogP contribution in [0, 0.1) is 0 Å². The molecule has 0 aromatic heterocycles. The molecular formula is C13H31N4O11P3. The van der Waals surface area contributed by atoms with Crippen LogP contribution >= 0.6 is 22.8 Å². The second-order valence-corrected chi connectivity index (χ2v) is 12.3. The van der Waals surface area contributed by atoms with Crippen molar-refractivity contribution < 1.29 is 53.0 Å². The summed E-state index contributed by atoms with van der Waals surface area (Å²) in [5.74, 6) is -1.12. The Bertz CT molecular complexity index is 683. The van der Waals surface area contributed by atoms with Gasteiger partial charge in [-0.3, -0.25) is 38.1 Å². The van der Waals surface area contributed by atoms with Crippen molar-refractivity contribution in [2.45, 2.75) is 0 Å². The smallest absolute Gasteiger partial charge is 0.339 e. The minimum absolute atomic E-state index is 0.0355. The predicted molar refractivity (Wildman–Crippen MR) is 110 cm³/mol. The van der Waals surface area contributed by atoms with E-state index in [9.17, 15) is 47.9 Å². The lowest BCUT2D eigenvalue weighted by Crippen LogP contribution is -2.47. The Kier molecular flexibility index (Phi) is 11.4. The number of nitrogens with zero attached hydrogens (tertiary/aromatic N) is 4. The van der Waals surface area contributed by atoms with Gasteiger partial charge in [-0.2, -0.15) is 0 Å². The van der Waals surface area contributed by atoms with Crippen molar-refractivity contribution in [3.8, 4) is 0 Å². The Hall–Kier alpha value is -0.240. The molecule has 7 N–H and O–H groups in total. The summed E-state index contributed by atoms with van der Waals surface area (Å²) >= 11 is 0. The van der Waals surface area contributed by atoms with Crippen molar-refractivity contribution in [3.05, 3.63) is 0 Å². The summed E-state index contributed by atoms with van der Waals surface area (Å²) in [6.45, 7) is 0.207. The average molecular weight is 512 g/mol. The quantitative estimate of drug-likeness (QED) is 0.170. The summed E-state index contributed by atoms with van der Waals surface area (Å²) in [4.78, 5) is 72.7. The highest BCUT2D eigenvalue weighted by Crippen LogP contribution is 2.37. The average Bonchev–Trinajstić information content (AvgIpc) is 2.53. The third kappa shape index (κ3) is 15.3. The highest BCUT2D eigenvalue weighted by molar-refractivity contribution is 7.52. The zero-order chi connectivity index (χ0) is 23.9. The molecule has 1 aliphatic rings. The van der Waals surface area contributed by atoms with E-state index in [-0.39, 0.29) is 58.9 Å². The van der Waals surface area contributed by atoms with Gasteiger partial charge in [0.15, 0.2) is 0 Å². The van der Waals surface area contributed by atoms with Crippen molar-refractivity contribution >= 4 is 28.8 Å². The van der Waals surface area contributed by atoms with Crippen molar-refractivity contribution in [3.63, 3.8) is 0 Å². The fourth-order valence-electron chi connectivity index (χ4n) is 3.13. The summed E-state index contributed by atoms with van der Waals surface area (Å²) in [6.07, 6.45) is -1.81. The molecule has 0 amide bonds. The van der Waals surface area contributed by atoms with E-state index in [0.29, 0.717) is 0 Å². The van der Waals surface area contributed by atoms with Gasteiger partial charge in [0.25, 0.3) is 0 Å². The minimum atomic E-state index is -4.45. The molecule has 0 aliphatic carbocycles. The first-order chi connectivity index (χ1) is 14.0. The van der Waals surface area contributed by atoms with Crippen LogP contribution in [0.2, 0.25) is 0 Å². The molecule has 0 atom stereocenters. The van der Waals surface area contributed by atoms with Gasteiger partial charge in [-0.05, 0) is 0 Å². The van der Waals surface area contributed by atoms with Crippen molar-refractivity contribution in [1.82, 2.24) is 19.6 Å². The minimum Gasteiger partial charge on any atom is -0.480 e. The lowest BCUT2D eigenvalue weighted by atomic mass is 10.3. The maximum Gasteiger partial charge on any atom is 0.339 e. The molecule has 0 bridgehead atoms. The fraction of sp³-hybridized carbons (Fsp3) is 0.923. The van der Waals surface area contributed by atoms with E-state index in [0.717, 1.165) is 0 Å². The molecule has 184 valence electrons. The zero-order valence-corrected chi connectivity index (χ0v) is 19.6. The molecule has 1 rings (SSSR count). The van der Waals surface area contributed by atoms with Gasteiger partial charge >= 0.3 is 28.8 Å². The van der Waals surface area contributed by atoms with Gasteiger partial charge < -0.3 is 34.5 Å². The second-order valence-electron chi connectivity index (χ2n) is 7.44. The number of carboxylic acid groups (broad SMARTS) is 1. The fourth-order valence-corrected chi connectivity index (χ4v) is 5.55. The molecule has 0 radical (unpaired) electrons. The number of carboxylic acids is 1. The van der Waals surface area contributed by atoms with Crippen LogP contribution in [-0.4, -0.2) is 138 Å². The van der Waals surface area contributed by atoms with Crippen LogP contribution in [0.1, 0.15) is 0 Å². The number of hydrogen-bond acceptors (Lipinski definition) is 8. The first-order valence-electron chi connectivity index (χ1n) is 9.27. The third-order valence-electron chi connectivity index (χ3n) is 4.44. The molecule has 0 spiro atoms. The number of carbonyl (C=O) groups is 1. The maximum atomic E-state index is 11.5. The molecule has 18 heteroatoms. The van der Waals surface area contributed by atoms with Gasteiger partial charge in [0.05, 0.1) is 6.54 Å². The van der Waals surface area contributed by atoms with E-state index in [2.05, 4.69) is 0 Å². The standard InChI is InChI=1S/C13H31N4O11P3/c18-13(19)9-14-1-3-15(10-29(20,21)22)5-7-17(12-31(26,27)28)8-6-16(4-2-14)11-30(23,24)25/h1-12H2,(H,18,19)(H2,20,21,22)(H2,23,24,25)(H2,26,27,28). The third-order valence-corrected chi connectivity index (χ3v) is 6.75. The highest BCUT2D eigenvalue weighted by Gasteiger charge is 2.26. The lowest BCUT2D eigenvalue weighted by Gasteiger charge is -2.33. The maximum absolute atomic E-state index is 11.5. The molecule has 0 saturated carbocycles. The first-order valence-corrected chi connectivity index (χ1v) is 14.7. The Morgan fingerprint density at radius 1 is 0.548 bits per heavy atom. The SMILES string of the molecule is O=C(O)CN1CCN(CP(=O)(O)O)CCN(CP(=O)(O)O)CCN(CP(=O)(O)O)CC1. The van der Waals surface area contributed by atoms with E-state index in [1.54, 1.807) is 0 Å². The molecule has 0 aromatic rings. The summed E-state index contributed by atoms with van der Waals surface area (Å²) in [5, 5.41) is 9.10. The van der Waals surface area contributed by atoms with E-state index in [4.69, 9.17) is 5.11 Å². The van der Waals surface area contributed by atoms with Crippen LogP contribution < -0.4 is 0 Å². The largest absolute Gasteiger partial charge is 0.480 e. The molecule has 1 aliphatic heterocycles. The molecule has 0 unspecified atom stereocenters. The van der Waals surface area contributed by atoms with E-state index >= 15 is 0 Å². The topological polar surface area (TPSA) is 223 Å². The van der Waals surface area contributed by atoms with Crippen LogP contribution in [-0.2, 0) is 18.5 Å². The monoisotopic (exact) mass is 512 g/mol. The van der Waals surface area contributed by atoms with Crippen molar-refractivity contribution in [1.29, 1.82) is 0 Å². The predicted octanol–water partition coefficient (Wildman–Crippen LogP) is -2.30. The van der Waals surface area contributed by atoms with Gasteiger partial charge in [0.1, 0.15) is 18.9 Å². The first kappa shape index (κ1) is 28.8. The van der Waals surface area contributed by atoms with Crippen LogP contribution in [0.4, 0.5) is 0 Å². The van der Waals surface area contributed by atoms with Gasteiger partial charge in [-0.1, -0.05) is 0 Å². The van der Waals surface area contributed by atoms with Crippen molar-refractivity contribution in [2.75, 3.05) is 77.8 Å². The van der Waals surface area contributed by atoms with Gasteiger partial charge in [0.2, 0.25) is 0 Å². The zero-order valence-electron chi connectivity index (χ0n) is 16.9. The van der Waals surface area contributed by atoms with Crippen LogP contribution in [0.3, 0.4) is 0 Å². The van der Waals surface area contributed by atoms with Gasteiger partial charge in [-0.25, -0.2) is 0 Å². The summed E-state index contributed by atoms with van der Waals surface area (Å²) < 4.78 is 34.3. The van der Waals surface area contributed by atoms with Gasteiger partial charge in [0, 0.05) is 52.4 Å². The summed E-state index contributed by atoms with van der Waals surface area (Å²) in [6, 6.07) is 0. The number of aliphatic carboxylic acids is 1. The number of hydrogen-bond donors (Lipinski definition) is 7. The second kappa shape index (κ2) is 12.3. The Morgan fingerprint density at radius 2 is 0.774 bits per heavy atom. The summed E-state index contributed by atoms with van der Waals surface area (Å²) in [5.41, 5.74) is 0. The molecule has 1 fully saturated rings. The molecule has 1 heterocycles. The van der Waals surface area contributed by atoms with Gasteiger partial charge in [-0.15, -0.1) is 0 Å². The lowest BCUT2D eigenvalue weighted by molar-refractivity contribution is -0.138. The Balaban J connectivity index is 3.05. The molecule has 15 nitrogen and oxygen atoms in total. The number of rotatable bonds is 8. The molecule has 0 aromatic carbocycles. The van der Waals surface area contributed by atoms with E-state index < -0.39 is 47.6 Å². The normalized spacial score (nSPS) is 20.8. The summed E-state index contributed by atoms with van der Waals surface area (Å²) in [7, 11) is -13.3. The van der Waals surface area contributed by atoms with E-state index in [1.807, 2.05) is 0 Å².